The van der Waals surface area contributed by atoms with Crippen LogP contribution in [0.5, 0.6) is 0 Å². The Morgan fingerprint density at radius 2 is 2.06 bits per heavy atom. The monoisotopic (exact) mass is 422 g/mol. The van der Waals surface area contributed by atoms with Crippen molar-refractivity contribution in [2.24, 2.45) is 11.8 Å². The van der Waals surface area contributed by atoms with Gasteiger partial charge in [-0.1, -0.05) is 13.0 Å². The average molecular weight is 422 g/mol. The van der Waals surface area contributed by atoms with E-state index in [1.807, 2.05) is 13.0 Å². The highest BCUT2D eigenvalue weighted by Gasteiger charge is 2.56. The predicted molar refractivity (Wildman–Crippen MR) is 110 cm³/mol. The van der Waals surface area contributed by atoms with Crippen molar-refractivity contribution < 1.29 is 23.8 Å². The van der Waals surface area contributed by atoms with Crippen molar-refractivity contribution in [2.45, 2.75) is 51.7 Å². The summed E-state index contributed by atoms with van der Waals surface area (Å²) in [5.74, 6) is -2.38. The minimum atomic E-state index is -1.73. The number of amides is 1. The molecular weight excluding hydrogens is 399 g/mol. The maximum Gasteiger partial charge on any atom is 0.338 e. The molecule has 6 nitrogen and oxygen atoms in total. The molecule has 0 saturated carbocycles. The SMILES string of the molecule is CC[C@@]1(O)C(=O)OCC2C(=O)N3Cc4c(nc5cc(F)c(C)c6c5c4CCC6)C3=CC21. The van der Waals surface area contributed by atoms with Gasteiger partial charge < -0.3 is 14.7 Å². The van der Waals surface area contributed by atoms with Crippen molar-refractivity contribution in [3.8, 4) is 0 Å². The van der Waals surface area contributed by atoms with Crippen LogP contribution in [0.3, 0.4) is 0 Å². The molecule has 1 fully saturated rings. The fourth-order valence-electron chi connectivity index (χ4n) is 5.93. The summed E-state index contributed by atoms with van der Waals surface area (Å²) in [6.07, 6.45) is 4.59. The largest absolute Gasteiger partial charge is 0.463 e. The van der Waals surface area contributed by atoms with Gasteiger partial charge in [0, 0.05) is 22.9 Å². The van der Waals surface area contributed by atoms with Gasteiger partial charge in [0.15, 0.2) is 5.60 Å². The molecule has 2 unspecified atom stereocenters. The van der Waals surface area contributed by atoms with Gasteiger partial charge in [-0.2, -0.15) is 0 Å². The number of hydrogen-bond donors (Lipinski definition) is 1. The van der Waals surface area contributed by atoms with E-state index in [-0.39, 0.29) is 24.8 Å². The summed E-state index contributed by atoms with van der Waals surface area (Å²) in [5.41, 5.74) is 4.01. The van der Waals surface area contributed by atoms with E-state index in [1.165, 1.54) is 6.07 Å². The first-order chi connectivity index (χ1) is 14.8. The van der Waals surface area contributed by atoms with Crippen molar-refractivity contribution in [1.82, 2.24) is 9.88 Å². The summed E-state index contributed by atoms with van der Waals surface area (Å²) < 4.78 is 19.8. The lowest BCUT2D eigenvalue weighted by molar-refractivity contribution is -0.190. The number of cyclic esters (lactones) is 1. The number of carbonyl (C=O) groups is 2. The Morgan fingerprint density at radius 1 is 1.29 bits per heavy atom. The molecule has 0 spiro atoms. The minimum Gasteiger partial charge on any atom is -0.463 e. The Bertz CT molecular complexity index is 1240. The molecule has 0 radical (unpaired) electrons. The Morgan fingerprint density at radius 3 is 2.84 bits per heavy atom. The third-order valence-electron chi connectivity index (χ3n) is 7.71. The molecule has 1 aromatic heterocycles. The van der Waals surface area contributed by atoms with Crippen LogP contribution in [0, 0.1) is 24.6 Å². The second-order valence-corrected chi connectivity index (χ2v) is 9.11. The Balaban J connectivity index is 1.60. The van der Waals surface area contributed by atoms with E-state index in [9.17, 15) is 19.1 Å². The summed E-state index contributed by atoms with van der Waals surface area (Å²) in [4.78, 5) is 32.3. The number of aliphatic hydroxyl groups is 1. The van der Waals surface area contributed by atoms with Crippen molar-refractivity contribution >= 4 is 28.5 Å². The van der Waals surface area contributed by atoms with Crippen LogP contribution in [0.25, 0.3) is 16.6 Å². The van der Waals surface area contributed by atoms with Crippen molar-refractivity contribution in [2.75, 3.05) is 6.61 Å². The quantitative estimate of drug-likeness (QED) is 0.715. The van der Waals surface area contributed by atoms with Crippen molar-refractivity contribution in [1.29, 1.82) is 0 Å². The zero-order chi connectivity index (χ0) is 21.7. The van der Waals surface area contributed by atoms with Crippen molar-refractivity contribution in [3.63, 3.8) is 0 Å². The van der Waals surface area contributed by atoms with Crippen molar-refractivity contribution in [3.05, 3.63) is 45.9 Å². The van der Waals surface area contributed by atoms with Gasteiger partial charge in [0.05, 0.1) is 29.4 Å². The van der Waals surface area contributed by atoms with Gasteiger partial charge in [-0.25, -0.2) is 14.2 Å². The molecule has 1 aliphatic carbocycles. The number of aryl methyl sites for hydroxylation is 2. The zero-order valence-corrected chi connectivity index (χ0v) is 17.5. The molecule has 6 rings (SSSR count). The summed E-state index contributed by atoms with van der Waals surface area (Å²) in [7, 11) is 0. The van der Waals surface area contributed by atoms with E-state index in [0.717, 1.165) is 41.3 Å². The molecule has 3 atom stereocenters. The third kappa shape index (κ3) is 2.27. The molecule has 4 aliphatic rings. The summed E-state index contributed by atoms with van der Waals surface area (Å²) in [6, 6.07) is 1.49. The minimum absolute atomic E-state index is 0.0297. The number of pyridine rings is 1. The van der Waals surface area contributed by atoms with Gasteiger partial charge in [0.25, 0.3) is 0 Å². The van der Waals surface area contributed by atoms with E-state index in [1.54, 1.807) is 11.8 Å². The molecule has 2 aromatic rings. The smallest absolute Gasteiger partial charge is 0.338 e. The third-order valence-corrected chi connectivity index (χ3v) is 7.71. The number of aromatic nitrogens is 1. The summed E-state index contributed by atoms with van der Waals surface area (Å²) >= 11 is 0. The zero-order valence-electron chi connectivity index (χ0n) is 17.5. The predicted octanol–water partition coefficient (Wildman–Crippen LogP) is 2.80. The lowest BCUT2D eigenvalue weighted by atomic mass is 9.72. The van der Waals surface area contributed by atoms with E-state index in [0.29, 0.717) is 29.0 Å². The van der Waals surface area contributed by atoms with Crippen LogP contribution < -0.4 is 0 Å². The lowest BCUT2D eigenvalue weighted by Crippen LogP contribution is -2.58. The Labute approximate surface area is 178 Å². The molecule has 1 amide bonds. The Hall–Kier alpha value is -2.80. The number of rotatable bonds is 1. The fourth-order valence-corrected chi connectivity index (χ4v) is 5.93. The number of nitrogens with zero attached hydrogens (tertiary/aromatic N) is 2. The van der Waals surface area contributed by atoms with Crippen LogP contribution in [-0.2, 0) is 33.7 Å². The number of esters is 1. The first-order valence-corrected chi connectivity index (χ1v) is 10.9. The van der Waals surface area contributed by atoms with E-state index in [4.69, 9.17) is 9.72 Å². The van der Waals surface area contributed by atoms with Crippen LogP contribution in [0.4, 0.5) is 4.39 Å². The molecule has 1 saturated heterocycles. The highest BCUT2D eigenvalue weighted by molar-refractivity contribution is 5.99. The first kappa shape index (κ1) is 18.9. The topological polar surface area (TPSA) is 79.7 Å². The van der Waals surface area contributed by atoms with Crippen LogP contribution in [-0.4, -0.2) is 39.1 Å². The van der Waals surface area contributed by atoms with Gasteiger partial charge in [-0.05, 0) is 49.3 Å². The van der Waals surface area contributed by atoms with E-state index < -0.39 is 23.4 Å². The van der Waals surface area contributed by atoms with Gasteiger partial charge in [0.2, 0.25) is 5.91 Å². The second-order valence-electron chi connectivity index (χ2n) is 9.11. The van der Waals surface area contributed by atoms with Gasteiger partial charge in [-0.3, -0.25) is 4.79 Å². The van der Waals surface area contributed by atoms with E-state index in [2.05, 4.69) is 0 Å². The molecule has 160 valence electrons. The Kier molecular flexibility index (Phi) is 3.74. The molecule has 3 aliphatic heterocycles. The highest BCUT2D eigenvalue weighted by atomic mass is 19.1. The van der Waals surface area contributed by atoms with Crippen LogP contribution in [0.2, 0.25) is 0 Å². The number of halogens is 1. The van der Waals surface area contributed by atoms with Gasteiger partial charge >= 0.3 is 5.97 Å². The fraction of sp³-hybridized carbons (Fsp3) is 0.458. The summed E-state index contributed by atoms with van der Waals surface area (Å²) in [6.45, 7) is 3.91. The molecule has 0 bridgehead atoms. The standard InChI is InChI=1S/C24H23FN2O4/c1-3-24(30)16-7-19-21-14(9-27(19)22(28)15(16)10-31-23(24)29)13-6-4-5-12-11(2)17(25)8-18(26-21)20(12)13/h7-8,15-16,30H,3-6,9-10H2,1-2H3/t15?,16?,24-/m0/s1. The number of carbonyl (C=O) groups excluding carboxylic acids is 2. The van der Waals surface area contributed by atoms with E-state index >= 15 is 0 Å². The lowest BCUT2D eigenvalue weighted by Gasteiger charge is -2.44. The summed E-state index contributed by atoms with van der Waals surface area (Å²) in [5, 5.41) is 12.1. The maximum atomic E-state index is 14.6. The number of hydrogen-bond acceptors (Lipinski definition) is 5. The average Bonchev–Trinajstić information content (AvgIpc) is 3.14. The normalized spacial score (nSPS) is 28.8. The molecular formula is C24H23FN2O4. The highest BCUT2D eigenvalue weighted by Crippen LogP contribution is 2.48. The molecule has 7 heteroatoms. The second kappa shape index (κ2) is 6.13. The number of fused-ring (bicyclic) bond motifs is 5. The molecule has 1 N–H and O–H groups in total. The maximum absolute atomic E-state index is 14.6. The van der Waals surface area contributed by atoms with Gasteiger partial charge in [0.1, 0.15) is 12.4 Å². The van der Waals surface area contributed by atoms with Gasteiger partial charge in [-0.15, -0.1) is 0 Å². The number of benzene rings is 1. The van der Waals surface area contributed by atoms with Crippen LogP contribution in [0.15, 0.2) is 12.1 Å². The first-order valence-electron chi connectivity index (χ1n) is 10.9. The molecule has 4 heterocycles. The van der Waals surface area contributed by atoms with Crippen LogP contribution >= 0.6 is 0 Å². The molecule has 1 aromatic carbocycles. The molecule has 31 heavy (non-hydrogen) atoms. The van der Waals surface area contributed by atoms with Crippen LogP contribution in [0.1, 0.15) is 47.7 Å². The number of ether oxygens (including phenoxy) is 1.